The summed E-state index contributed by atoms with van der Waals surface area (Å²) in [6.45, 7) is 9.44. The second-order valence-corrected chi connectivity index (χ2v) is 9.69. The van der Waals surface area contributed by atoms with Gasteiger partial charge in [-0.05, 0) is 74.5 Å². The van der Waals surface area contributed by atoms with Gasteiger partial charge >= 0.3 is 0 Å². The number of aliphatic hydroxyl groups is 1. The molecule has 1 saturated heterocycles. The molecule has 2 aliphatic carbocycles. The van der Waals surface area contributed by atoms with Crippen molar-refractivity contribution in [1.29, 1.82) is 0 Å². The summed E-state index contributed by atoms with van der Waals surface area (Å²) in [7, 11) is 1.73. The number of benzene rings is 1. The van der Waals surface area contributed by atoms with Crippen LogP contribution in [0.15, 0.2) is 24.3 Å². The van der Waals surface area contributed by atoms with E-state index >= 15 is 0 Å². The van der Waals surface area contributed by atoms with E-state index in [2.05, 4.69) is 49.9 Å². The summed E-state index contributed by atoms with van der Waals surface area (Å²) in [5, 5.41) is 10.7. The van der Waals surface area contributed by atoms with E-state index in [9.17, 15) is 5.11 Å². The van der Waals surface area contributed by atoms with Crippen molar-refractivity contribution in [3.05, 3.63) is 29.8 Å². The van der Waals surface area contributed by atoms with Gasteiger partial charge in [0.15, 0.2) is 0 Å². The Morgan fingerprint density at radius 1 is 1.08 bits per heavy atom. The molecule has 1 heterocycles. The van der Waals surface area contributed by atoms with E-state index in [1.165, 1.54) is 37.9 Å². The first-order valence-corrected chi connectivity index (χ1v) is 10.5. The van der Waals surface area contributed by atoms with E-state index in [-0.39, 0.29) is 11.6 Å². The van der Waals surface area contributed by atoms with Gasteiger partial charge in [0.25, 0.3) is 0 Å². The number of nitrogens with zero attached hydrogens (tertiary/aromatic N) is 1. The Balaban J connectivity index is 1.43. The summed E-state index contributed by atoms with van der Waals surface area (Å²) < 4.78 is 5.30. The van der Waals surface area contributed by atoms with E-state index in [4.69, 9.17) is 4.74 Å². The SMILES string of the molecule is COc1ccc([C@@H]2C[C@H]3CN(C(C)(C)[C@@H]4CC[C@@H](C)C[C@H]4O)C[C@H]32)cc1. The van der Waals surface area contributed by atoms with E-state index in [0.29, 0.717) is 17.8 Å². The quantitative estimate of drug-likeness (QED) is 0.872. The molecule has 1 N–H and O–H groups in total. The number of ether oxygens (including phenoxy) is 1. The average Bonchev–Trinajstić information content (AvgIpc) is 2.93. The van der Waals surface area contributed by atoms with Crippen molar-refractivity contribution in [3.8, 4) is 5.75 Å². The lowest BCUT2D eigenvalue weighted by molar-refractivity contribution is -0.0378. The van der Waals surface area contributed by atoms with Crippen molar-refractivity contribution in [2.24, 2.45) is 23.7 Å². The topological polar surface area (TPSA) is 32.7 Å². The molecule has 6 atom stereocenters. The number of fused-ring (bicyclic) bond motifs is 1. The van der Waals surface area contributed by atoms with Crippen molar-refractivity contribution in [1.82, 2.24) is 4.90 Å². The minimum absolute atomic E-state index is 0.0986. The van der Waals surface area contributed by atoms with Crippen molar-refractivity contribution < 1.29 is 9.84 Å². The van der Waals surface area contributed by atoms with Gasteiger partial charge in [0.05, 0.1) is 13.2 Å². The fourth-order valence-electron chi connectivity index (χ4n) is 6.02. The van der Waals surface area contributed by atoms with Crippen LogP contribution in [0.5, 0.6) is 5.75 Å². The van der Waals surface area contributed by atoms with Crippen molar-refractivity contribution >= 4 is 0 Å². The fraction of sp³-hybridized carbons (Fsp3) is 0.739. The Bertz CT molecular complexity index is 626. The molecular weight excluding hydrogens is 322 g/mol. The number of methoxy groups -OCH3 is 1. The van der Waals surface area contributed by atoms with E-state index in [1.807, 2.05) is 0 Å². The van der Waals surface area contributed by atoms with Crippen LogP contribution in [0.3, 0.4) is 0 Å². The number of aliphatic hydroxyl groups excluding tert-OH is 1. The summed E-state index contributed by atoms with van der Waals surface area (Å²) >= 11 is 0. The third kappa shape index (κ3) is 3.07. The third-order valence-corrected chi connectivity index (χ3v) is 7.91. The fourth-order valence-corrected chi connectivity index (χ4v) is 6.02. The van der Waals surface area contributed by atoms with Crippen LogP contribution in [-0.4, -0.2) is 41.8 Å². The highest BCUT2D eigenvalue weighted by Gasteiger charge is 2.52. The second kappa shape index (κ2) is 6.83. The minimum atomic E-state index is -0.135. The molecule has 0 unspecified atom stereocenters. The van der Waals surface area contributed by atoms with Crippen molar-refractivity contribution in [2.45, 2.75) is 64.0 Å². The van der Waals surface area contributed by atoms with Crippen molar-refractivity contribution in [2.75, 3.05) is 20.2 Å². The number of rotatable bonds is 4. The molecule has 144 valence electrons. The summed E-state index contributed by atoms with van der Waals surface area (Å²) in [4.78, 5) is 2.70. The molecule has 2 saturated carbocycles. The predicted octanol–water partition coefficient (Wildman–Crippen LogP) is 4.31. The largest absolute Gasteiger partial charge is 0.497 e. The minimum Gasteiger partial charge on any atom is -0.497 e. The van der Waals surface area contributed by atoms with E-state index in [0.717, 1.165) is 24.0 Å². The molecule has 0 aromatic heterocycles. The third-order valence-electron chi connectivity index (χ3n) is 7.91. The molecule has 26 heavy (non-hydrogen) atoms. The maximum Gasteiger partial charge on any atom is 0.118 e. The molecule has 0 bridgehead atoms. The number of hydrogen-bond acceptors (Lipinski definition) is 3. The molecule has 0 spiro atoms. The van der Waals surface area contributed by atoms with Gasteiger partial charge in [-0.2, -0.15) is 0 Å². The highest BCUT2D eigenvalue weighted by molar-refractivity contribution is 5.32. The van der Waals surface area contributed by atoms with Gasteiger partial charge in [-0.25, -0.2) is 0 Å². The van der Waals surface area contributed by atoms with Crippen LogP contribution in [0.2, 0.25) is 0 Å². The maximum absolute atomic E-state index is 10.7. The standard InChI is InChI=1S/C23H35NO2/c1-15-5-10-21(22(25)11-15)23(2,3)24-13-17-12-19(20(17)14-24)16-6-8-18(26-4)9-7-16/h6-9,15,17,19-22,25H,5,10-14H2,1-4H3/t15-,17+,19+,20-,21-,22-/m1/s1. The normalized spacial score (nSPS) is 37.9. The monoisotopic (exact) mass is 357 g/mol. The molecule has 4 rings (SSSR count). The lowest BCUT2D eigenvalue weighted by Crippen LogP contribution is -2.53. The Kier molecular flexibility index (Phi) is 4.81. The van der Waals surface area contributed by atoms with Gasteiger partial charge in [0.1, 0.15) is 5.75 Å². The lowest BCUT2D eigenvalue weighted by Gasteiger charge is -2.47. The van der Waals surface area contributed by atoms with E-state index in [1.54, 1.807) is 7.11 Å². The molecule has 0 radical (unpaired) electrons. The van der Waals surface area contributed by atoms with Crippen LogP contribution in [0.1, 0.15) is 57.9 Å². The van der Waals surface area contributed by atoms with Crippen molar-refractivity contribution in [3.63, 3.8) is 0 Å². The lowest BCUT2D eigenvalue weighted by atomic mass is 9.64. The van der Waals surface area contributed by atoms with Crippen LogP contribution in [0.4, 0.5) is 0 Å². The average molecular weight is 358 g/mol. The molecule has 3 aliphatic rings. The van der Waals surface area contributed by atoms with Crippen LogP contribution in [-0.2, 0) is 0 Å². The van der Waals surface area contributed by atoms with E-state index < -0.39 is 0 Å². The zero-order valence-corrected chi connectivity index (χ0v) is 16.8. The highest BCUT2D eigenvalue weighted by atomic mass is 16.5. The molecule has 0 amide bonds. The van der Waals surface area contributed by atoms with Gasteiger partial charge in [-0.15, -0.1) is 0 Å². The molecular formula is C23H35NO2. The molecule has 1 aliphatic heterocycles. The first-order valence-electron chi connectivity index (χ1n) is 10.5. The summed E-state index contributed by atoms with van der Waals surface area (Å²) in [5.74, 6) is 4.34. The summed E-state index contributed by atoms with van der Waals surface area (Å²) in [5.41, 5.74) is 1.57. The van der Waals surface area contributed by atoms with Gasteiger partial charge in [0, 0.05) is 24.5 Å². The number of hydrogen-bond donors (Lipinski definition) is 1. The zero-order valence-electron chi connectivity index (χ0n) is 16.8. The maximum atomic E-state index is 10.7. The van der Waals surface area contributed by atoms with Crippen LogP contribution in [0, 0.1) is 23.7 Å². The Labute approximate surface area is 158 Å². The summed E-state index contributed by atoms with van der Waals surface area (Å²) in [6, 6.07) is 8.69. The van der Waals surface area contributed by atoms with Gasteiger partial charge in [-0.3, -0.25) is 4.90 Å². The molecule has 3 heteroatoms. The zero-order chi connectivity index (χ0) is 18.5. The molecule has 1 aromatic rings. The van der Waals surface area contributed by atoms with Gasteiger partial charge in [-0.1, -0.05) is 25.5 Å². The van der Waals surface area contributed by atoms with Crippen LogP contribution >= 0.6 is 0 Å². The Morgan fingerprint density at radius 3 is 2.46 bits per heavy atom. The van der Waals surface area contributed by atoms with Crippen LogP contribution < -0.4 is 4.74 Å². The number of likely N-dealkylation sites (tertiary alicyclic amines) is 1. The van der Waals surface area contributed by atoms with Gasteiger partial charge < -0.3 is 9.84 Å². The predicted molar refractivity (Wildman–Crippen MR) is 105 cm³/mol. The molecule has 3 nitrogen and oxygen atoms in total. The first-order chi connectivity index (χ1) is 12.4. The van der Waals surface area contributed by atoms with Crippen LogP contribution in [0.25, 0.3) is 0 Å². The molecule has 1 aromatic carbocycles. The Morgan fingerprint density at radius 2 is 1.81 bits per heavy atom. The second-order valence-electron chi connectivity index (χ2n) is 9.69. The highest BCUT2D eigenvalue weighted by Crippen LogP contribution is 2.54. The smallest absolute Gasteiger partial charge is 0.118 e. The van der Waals surface area contributed by atoms with Gasteiger partial charge in [0.2, 0.25) is 0 Å². The summed E-state index contributed by atoms with van der Waals surface area (Å²) in [6.07, 6.45) is 4.59. The first kappa shape index (κ1) is 18.3. The Hall–Kier alpha value is -1.06. The molecule has 3 fully saturated rings.